The lowest BCUT2D eigenvalue weighted by molar-refractivity contribution is -0.146. The first kappa shape index (κ1) is 11.5. The molecule has 4 nitrogen and oxygen atoms in total. The molecular weight excluding hydrogens is 180 g/mol. The molecule has 0 saturated heterocycles. The van der Waals surface area contributed by atoms with Gasteiger partial charge in [0.2, 0.25) is 0 Å². The third kappa shape index (κ3) is 2.69. The third-order valence-electron chi connectivity index (χ3n) is 2.96. The van der Waals surface area contributed by atoms with Gasteiger partial charge in [-0.05, 0) is 32.4 Å². The Labute approximate surface area is 84.9 Å². The van der Waals surface area contributed by atoms with Crippen molar-refractivity contribution in [3.8, 4) is 0 Å². The molecule has 0 spiro atoms. The molecule has 0 aromatic carbocycles. The van der Waals surface area contributed by atoms with Crippen molar-refractivity contribution in [2.75, 3.05) is 13.1 Å². The maximum Gasteiger partial charge on any atom is 0.323 e. The number of nitrogens with one attached hydrogen (secondary N) is 1. The van der Waals surface area contributed by atoms with Crippen molar-refractivity contribution in [2.24, 2.45) is 5.73 Å². The van der Waals surface area contributed by atoms with Crippen LogP contribution in [0.15, 0.2) is 0 Å². The average molecular weight is 200 g/mol. The largest absolute Gasteiger partial charge is 0.480 e. The Hall–Kier alpha value is -0.610. The minimum Gasteiger partial charge on any atom is -0.480 e. The predicted molar refractivity (Wildman–Crippen MR) is 55.1 cm³/mol. The highest BCUT2D eigenvalue weighted by molar-refractivity contribution is 5.78. The van der Waals surface area contributed by atoms with Crippen LogP contribution in [0.2, 0.25) is 0 Å². The number of aliphatic carboxylic acids is 1. The van der Waals surface area contributed by atoms with Crippen LogP contribution in [0.3, 0.4) is 0 Å². The van der Waals surface area contributed by atoms with Gasteiger partial charge in [-0.15, -0.1) is 0 Å². The van der Waals surface area contributed by atoms with Crippen molar-refractivity contribution < 1.29 is 9.90 Å². The first-order valence-corrected chi connectivity index (χ1v) is 5.40. The highest BCUT2D eigenvalue weighted by Crippen LogP contribution is 2.28. The normalized spacial score (nSPS) is 20.6. The second-order valence-electron chi connectivity index (χ2n) is 4.02. The van der Waals surface area contributed by atoms with E-state index in [4.69, 9.17) is 5.73 Å². The lowest BCUT2D eigenvalue weighted by atomic mass is 9.81. The van der Waals surface area contributed by atoms with Gasteiger partial charge in [-0.3, -0.25) is 4.79 Å². The maximum atomic E-state index is 11.2. The number of carboxylic acids is 1. The molecule has 0 aromatic heterocycles. The zero-order valence-electron chi connectivity index (χ0n) is 8.59. The van der Waals surface area contributed by atoms with E-state index in [-0.39, 0.29) is 0 Å². The summed E-state index contributed by atoms with van der Waals surface area (Å²) in [6.07, 6.45) is 5.55. The van der Waals surface area contributed by atoms with Crippen LogP contribution in [-0.2, 0) is 4.79 Å². The second-order valence-corrected chi connectivity index (χ2v) is 4.02. The van der Waals surface area contributed by atoms with Crippen molar-refractivity contribution in [3.05, 3.63) is 0 Å². The fraction of sp³-hybridized carbons (Fsp3) is 0.900. The van der Waals surface area contributed by atoms with Crippen molar-refractivity contribution >= 4 is 5.97 Å². The van der Waals surface area contributed by atoms with Crippen LogP contribution in [0.4, 0.5) is 0 Å². The van der Waals surface area contributed by atoms with E-state index in [0.29, 0.717) is 13.1 Å². The summed E-state index contributed by atoms with van der Waals surface area (Å²) in [6.45, 7) is 1.32. The van der Waals surface area contributed by atoms with Crippen LogP contribution in [-0.4, -0.2) is 29.7 Å². The topological polar surface area (TPSA) is 75.3 Å². The van der Waals surface area contributed by atoms with Gasteiger partial charge in [0, 0.05) is 0 Å². The van der Waals surface area contributed by atoms with Crippen LogP contribution >= 0.6 is 0 Å². The van der Waals surface area contributed by atoms with E-state index in [1.165, 1.54) is 0 Å². The molecule has 1 aliphatic carbocycles. The third-order valence-corrected chi connectivity index (χ3v) is 2.96. The summed E-state index contributed by atoms with van der Waals surface area (Å²) in [5, 5.41) is 12.4. The molecule has 0 atom stereocenters. The number of carboxylic acid groups (broad SMARTS) is 1. The van der Waals surface area contributed by atoms with Gasteiger partial charge >= 0.3 is 5.97 Å². The molecule has 0 bridgehead atoms. The molecule has 82 valence electrons. The van der Waals surface area contributed by atoms with Crippen molar-refractivity contribution in [1.29, 1.82) is 0 Å². The van der Waals surface area contributed by atoms with Gasteiger partial charge in [0.05, 0.1) is 0 Å². The van der Waals surface area contributed by atoms with Crippen LogP contribution in [0.5, 0.6) is 0 Å². The zero-order chi connectivity index (χ0) is 10.4. The molecule has 4 heteroatoms. The fourth-order valence-electron chi connectivity index (χ4n) is 2.05. The molecule has 0 radical (unpaired) electrons. The molecule has 0 unspecified atom stereocenters. The standard InChI is InChI=1S/C10H20N2O2/c11-7-4-8-12-10(9(13)14)5-2-1-3-6-10/h12H,1-8,11H2,(H,13,14). The Balaban J connectivity index is 2.47. The summed E-state index contributed by atoms with van der Waals surface area (Å²) in [7, 11) is 0. The summed E-state index contributed by atoms with van der Waals surface area (Å²) >= 11 is 0. The molecule has 0 aromatic rings. The van der Waals surface area contributed by atoms with E-state index in [1.807, 2.05) is 0 Å². The lowest BCUT2D eigenvalue weighted by Gasteiger charge is -2.34. The molecule has 1 rings (SSSR count). The summed E-state index contributed by atoms with van der Waals surface area (Å²) < 4.78 is 0. The summed E-state index contributed by atoms with van der Waals surface area (Å²) in [4.78, 5) is 11.2. The highest BCUT2D eigenvalue weighted by atomic mass is 16.4. The summed E-state index contributed by atoms with van der Waals surface area (Å²) in [5.41, 5.74) is 4.72. The number of rotatable bonds is 5. The second kappa shape index (κ2) is 5.32. The van der Waals surface area contributed by atoms with Gasteiger partial charge in [-0.2, -0.15) is 0 Å². The molecular formula is C10H20N2O2. The molecule has 0 heterocycles. The molecule has 1 saturated carbocycles. The van der Waals surface area contributed by atoms with Gasteiger partial charge in [0.15, 0.2) is 0 Å². The van der Waals surface area contributed by atoms with E-state index in [0.717, 1.165) is 38.5 Å². The van der Waals surface area contributed by atoms with E-state index >= 15 is 0 Å². The van der Waals surface area contributed by atoms with Crippen molar-refractivity contribution in [1.82, 2.24) is 5.32 Å². The maximum absolute atomic E-state index is 11.2. The van der Waals surface area contributed by atoms with Gasteiger partial charge in [0.1, 0.15) is 5.54 Å². The lowest BCUT2D eigenvalue weighted by Crippen LogP contribution is -2.53. The Morgan fingerprint density at radius 3 is 2.50 bits per heavy atom. The number of hydrogen-bond acceptors (Lipinski definition) is 3. The van der Waals surface area contributed by atoms with Crippen LogP contribution in [0, 0.1) is 0 Å². The van der Waals surface area contributed by atoms with Crippen LogP contribution in [0.25, 0.3) is 0 Å². The predicted octanol–water partition coefficient (Wildman–Crippen LogP) is 0.712. The van der Waals surface area contributed by atoms with Gasteiger partial charge in [-0.1, -0.05) is 19.3 Å². The van der Waals surface area contributed by atoms with Crippen LogP contribution in [0.1, 0.15) is 38.5 Å². The Kier molecular flexibility index (Phi) is 4.35. The van der Waals surface area contributed by atoms with Gasteiger partial charge in [0.25, 0.3) is 0 Å². The van der Waals surface area contributed by atoms with E-state index in [2.05, 4.69) is 5.32 Å². The molecule has 1 aliphatic rings. The van der Waals surface area contributed by atoms with Crippen molar-refractivity contribution in [3.63, 3.8) is 0 Å². The van der Waals surface area contributed by atoms with E-state index in [9.17, 15) is 9.90 Å². The highest BCUT2D eigenvalue weighted by Gasteiger charge is 2.38. The summed E-state index contributed by atoms with van der Waals surface area (Å²) in [5.74, 6) is -0.700. The number of carbonyl (C=O) groups is 1. The monoisotopic (exact) mass is 200 g/mol. The zero-order valence-corrected chi connectivity index (χ0v) is 8.59. The minimum absolute atomic E-state index is 0.614. The molecule has 4 N–H and O–H groups in total. The average Bonchev–Trinajstić information content (AvgIpc) is 2.19. The van der Waals surface area contributed by atoms with E-state index < -0.39 is 11.5 Å². The first-order valence-electron chi connectivity index (χ1n) is 5.40. The SMILES string of the molecule is NCCCNC1(C(=O)O)CCCCC1. The molecule has 0 aliphatic heterocycles. The number of nitrogens with two attached hydrogens (primary N) is 1. The summed E-state index contributed by atoms with van der Waals surface area (Å²) in [6, 6.07) is 0. The Morgan fingerprint density at radius 2 is 2.00 bits per heavy atom. The number of hydrogen-bond donors (Lipinski definition) is 3. The van der Waals surface area contributed by atoms with E-state index in [1.54, 1.807) is 0 Å². The first-order chi connectivity index (χ1) is 6.71. The van der Waals surface area contributed by atoms with Crippen LogP contribution < -0.4 is 11.1 Å². The smallest absolute Gasteiger partial charge is 0.323 e. The molecule has 1 fully saturated rings. The van der Waals surface area contributed by atoms with Gasteiger partial charge < -0.3 is 16.2 Å². The minimum atomic E-state index is -0.700. The molecule has 0 amide bonds. The fourth-order valence-corrected chi connectivity index (χ4v) is 2.05. The Morgan fingerprint density at radius 1 is 1.36 bits per heavy atom. The van der Waals surface area contributed by atoms with Crippen molar-refractivity contribution in [2.45, 2.75) is 44.1 Å². The van der Waals surface area contributed by atoms with Gasteiger partial charge in [-0.25, -0.2) is 0 Å². The Bertz CT molecular complexity index is 189. The quantitative estimate of drug-likeness (QED) is 0.571. The molecule has 14 heavy (non-hydrogen) atoms.